The van der Waals surface area contributed by atoms with Crippen molar-refractivity contribution in [2.24, 2.45) is 4.99 Å². The van der Waals surface area contributed by atoms with Crippen LogP contribution in [0.2, 0.25) is 0 Å². The van der Waals surface area contributed by atoms with E-state index in [0.717, 1.165) is 50.0 Å². The zero-order valence-corrected chi connectivity index (χ0v) is 21.6. The Balaban J connectivity index is 0.00000306. The van der Waals surface area contributed by atoms with Crippen molar-refractivity contribution in [1.29, 1.82) is 0 Å². The Labute approximate surface area is 212 Å². The molecule has 2 N–H and O–H groups in total. The molecule has 2 aliphatic rings. The maximum absolute atomic E-state index is 14.7. The van der Waals surface area contributed by atoms with Gasteiger partial charge in [-0.25, -0.2) is 9.38 Å². The molecule has 0 bridgehead atoms. The Kier molecular flexibility index (Phi) is 10.3. The third kappa shape index (κ3) is 7.07. The first-order valence-electron chi connectivity index (χ1n) is 11.7. The molecule has 33 heavy (non-hydrogen) atoms. The average molecular weight is 571 g/mol. The summed E-state index contributed by atoms with van der Waals surface area (Å²) in [5, 5.41) is 6.75. The smallest absolute Gasteiger partial charge is 0.191 e. The fraction of sp³-hybridized carbons (Fsp3) is 0.542. The number of rotatable bonds is 8. The van der Waals surface area contributed by atoms with Gasteiger partial charge in [0.2, 0.25) is 0 Å². The summed E-state index contributed by atoms with van der Waals surface area (Å²) in [5.41, 5.74) is 1.48. The molecule has 0 saturated carbocycles. The fourth-order valence-corrected chi connectivity index (χ4v) is 4.36. The molecular weight excluding hydrogens is 536 g/mol. The molecule has 2 fully saturated rings. The second-order valence-electron chi connectivity index (χ2n) is 8.24. The Hall–Kier alpha value is -1.85. The highest BCUT2D eigenvalue weighted by Crippen LogP contribution is 2.25. The largest absolute Gasteiger partial charge is 0.468 e. The van der Waals surface area contributed by atoms with E-state index in [9.17, 15) is 4.39 Å². The van der Waals surface area contributed by atoms with E-state index in [1.54, 1.807) is 12.3 Å². The van der Waals surface area contributed by atoms with E-state index in [-0.39, 0.29) is 35.8 Å². The van der Waals surface area contributed by atoms with Crippen LogP contribution in [0, 0.1) is 5.82 Å². The maximum atomic E-state index is 14.7. The summed E-state index contributed by atoms with van der Waals surface area (Å²) >= 11 is 0. The lowest BCUT2D eigenvalue weighted by Gasteiger charge is -2.29. The molecule has 7 nitrogen and oxygen atoms in total. The molecule has 1 aromatic carbocycles. The predicted molar refractivity (Wildman–Crippen MR) is 140 cm³/mol. The van der Waals surface area contributed by atoms with Crippen LogP contribution in [0.4, 0.5) is 10.1 Å². The van der Waals surface area contributed by atoms with Gasteiger partial charge in [0.1, 0.15) is 11.6 Å². The van der Waals surface area contributed by atoms with Crippen LogP contribution in [0.1, 0.15) is 37.1 Å². The van der Waals surface area contributed by atoms with Gasteiger partial charge in [-0.3, -0.25) is 4.90 Å². The highest BCUT2D eigenvalue weighted by Gasteiger charge is 2.25. The molecule has 0 aliphatic carbocycles. The number of halogens is 2. The minimum atomic E-state index is -0.204. The monoisotopic (exact) mass is 571 g/mol. The number of ether oxygens (including phenoxy) is 1. The van der Waals surface area contributed by atoms with Crippen LogP contribution in [-0.4, -0.2) is 63.3 Å². The standard InChI is InChI=1S/C24H34FN5O2.HI/c1-2-26-24(28-18-22(23-6-5-13-32-23)29-9-3-4-10-29)27-17-19-7-8-21(20(25)16-19)30-11-14-31-15-12-30;/h5-8,13,16,22H,2-4,9-12,14-15,17-18H2,1H3,(H2,26,27,28);1H. The van der Waals surface area contributed by atoms with Gasteiger partial charge in [0, 0.05) is 26.2 Å². The van der Waals surface area contributed by atoms with Gasteiger partial charge in [0.15, 0.2) is 5.96 Å². The quantitative estimate of drug-likeness (QED) is 0.286. The molecule has 0 radical (unpaired) electrons. The van der Waals surface area contributed by atoms with Crippen molar-refractivity contribution < 1.29 is 13.5 Å². The van der Waals surface area contributed by atoms with Gasteiger partial charge < -0.3 is 24.7 Å². The number of nitrogens with zero attached hydrogens (tertiary/aromatic N) is 3. The van der Waals surface area contributed by atoms with Gasteiger partial charge >= 0.3 is 0 Å². The summed E-state index contributed by atoms with van der Waals surface area (Å²) in [6, 6.07) is 9.54. The minimum Gasteiger partial charge on any atom is -0.468 e. The Morgan fingerprint density at radius 1 is 1.12 bits per heavy atom. The summed E-state index contributed by atoms with van der Waals surface area (Å²) in [4.78, 5) is 9.18. The average Bonchev–Trinajstić information content (AvgIpc) is 3.53. The van der Waals surface area contributed by atoms with Crippen LogP contribution in [0.25, 0.3) is 0 Å². The minimum absolute atomic E-state index is 0. The molecule has 1 atom stereocenters. The van der Waals surface area contributed by atoms with Crippen molar-refractivity contribution >= 4 is 35.6 Å². The predicted octanol–water partition coefficient (Wildman–Crippen LogP) is 3.77. The van der Waals surface area contributed by atoms with Crippen LogP contribution in [0.5, 0.6) is 0 Å². The number of benzene rings is 1. The third-order valence-electron chi connectivity index (χ3n) is 6.04. The molecule has 2 aliphatic heterocycles. The number of hydrogen-bond donors (Lipinski definition) is 2. The fourth-order valence-electron chi connectivity index (χ4n) is 4.36. The maximum Gasteiger partial charge on any atom is 0.191 e. The van der Waals surface area contributed by atoms with E-state index in [2.05, 4.69) is 15.5 Å². The zero-order chi connectivity index (χ0) is 22.2. The molecular formula is C24H35FIN5O2. The zero-order valence-electron chi connectivity index (χ0n) is 19.3. The third-order valence-corrected chi connectivity index (χ3v) is 6.04. The molecule has 0 spiro atoms. The van der Waals surface area contributed by atoms with Gasteiger partial charge in [-0.1, -0.05) is 6.07 Å². The summed E-state index contributed by atoms with van der Waals surface area (Å²) in [6.45, 7) is 8.77. The summed E-state index contributed by atoms with van der Waals surface area (Å²) < 4.78 is 25.8. The molecule has 0 amide bonds. The van der Waals surface area contributed by atoms with E-state index < -0.39 is 0 Å². The van der Waals surface area contributed by atoms with Crippen molar-refractivity contribution in [3.63, 3.8) is 0 Å². The SMILES string of the molecule is CCNC(=NCc1ccc(N2CCOCC2)c(F)c1)NCC(c1ccco1)N1CCCC1.I. The number of nitrogens with one attached hydrogen (secondary N) is 2. The van der Waals surface area contributed by atoms with Gasteiger partial charge in [-0.15, -0.1) is 24.0 Å². The van der Waals surface area contributed by atoms with Gasteiger partial charge in [0.25, 0.3) is 0 Å². The molecule has 1 aromatic heterocycles. The molecule has 4 rings (SSSR count). The summed E-state index contributed by atoms with van der Waals surface area (Å²) in [5.74, 6) is 1.49. The van der Waals surface area contributed by atoms with Crippen molar-refractivity contribution in [3.05, 3.63) is 53.7 Å². The lowest BCUT2D eigenvalue weighted by molar-refractivity contribution is 0.122. The topological polar surface area (TPSA) is 65.3 Å². The molecule has 3 heterocycles. The lowest BCUT2D eigenvalue weighted by atomic mass is 10.1. The Morgan fingerprint density at radius 2 is 1.91 bits per heavy atom. The van der Waals surface area contributed by atoms with Crippen molar-refractivity contribution in [3.8, 4) is 0 Å². The van der Waals surface area contributed by atoms with E-state index in [1.165, 1.54) is 12.8 Å². The van der Waals surface area contributed by atoms with Gasteiger partial charge in [0.05, 0.1) is 37.8 Å². The Bertz CT molecular complexity index is 868. The van der Waals surface area contributed by atoms with Crippen molar-refractivity contribution in [2.45, 2.75) is 32.4 Å². The number of anilines is 1. The molecule has 1 unspecified atom stereocenters. The molecule has 9 heteroatoms. The highest BCUT2D eigenvalue weighted by molar-refractivity contribution is 14.0. The number of aliphatic imine (C=N–C) groups is 1. The lowest BCUT2D eigenvalue weighted by Crippen LogP contribution is -2.42. The summed E-state index contributed by atoms with van der Waals surface area (Å²) in [6.07, 6.45) is 4.17. The van der Waals surface area contributed by atoms with E-state index in [4.69, 9.17) is 14.1 Å². The van der Waals surface area contributed by atoms with Crippen molar-refractivity contribution in [2.75, 3.05) is 57.4 Å². The first kappa shape index (κ1) is 25.8. The van der Waals surface area contributed by atoms with E-state index >= 15 is 0 Å². The second-order valence-corrected chi connectivity index (χ2v) is 8.24. The number of furan rings is 1. The normalized spacial score (nSPS) is 18.1. The van der Waals surface area contributed by atoms with Gasteiger partial charge in [-0.05, 0) is 62.7 Å². The van der Waals surface area contributed by atoms with E-state index in [1.807, 2.05) is 36.1 Å². The summed E-state index contributed by atoms with van der Waals surface area (Å²) in [7, 11) is 0. The van der Waals surface area contributed by atoms with Crippen LogP contribution in [0.15, 0.2) is 46.0 Å². The molecule has 182 valence electrons. The molecule has 2 saturated heterocycles. The van der Waals surface area contributed by atoms with Crippen LogP contribution >= 0.6 is 24.0 Å². The Morgan fingerprint density at radius 3 is 2.58 bits per heavy atom. The number of guanidine groups is 1. The molecule has 2 aromatic rings. The first-order chi connectivity index (χ1) is 15.7. The highest BCUT2D eigenvalue weighted by atomic mass is 127. The second kappa shape index (κ2) is 13.1. The van der Waals surface area contributed by atoms with E-state index in [0.29, 0.717) is 32.0 Å². The van der Waals surface area contributed by atoms with Crippen LogP contribution in [-0.2, 0) is 11.3 Å². The number of hydrogen-bond acceptors (Lipinski definition) is 5. The number of morpholine rings is 1. The number of likely N-dealkylation sites (tertiary alicyclic amines) is 1. The van der Waals surface area contributed by atoms with Crippen LogP contribution in [0.3, 0.4) is 0 Å². The first-order valence-corrected chi connectivity index (χ1v) is 11.7. The van der Waals surface area contributed by atoms with Gasteiger partial charge in [-0.2, -0.15) is 0 Å². The van der Waals surface area contributed by atoms with Crippen LogP contribution < -0.4 is 15.5 Å². The van der Waals surface area contributed by atoms with Crippen molar-refractivity contribution in [1.82, 2.24) is 15.5 Å².